The number of hydrogen-bond donors (Lipinski definition) is 2. The van der Waals surface area contributed by atoms with Crippen molar-refractivity contribution in [3.63, 3.8) is 0 Å². The van der Waals surface area contributed by atoms with E-state index in [2.05, 4.69) is 9.88 Å². The van der Waals surface area contributed by atoms with Crippen LogP contribution in [-0.4, -0.2) is 29.1 Å². The third-order valence-electron chi connectivity index (χ3n) is 3.66. The van der Waals surface area contributed by atoms with E-state index in [1.165, 1.54) is 0 Å². The molecule has 0 radical (unpaired) electrons. The molecule has 1 unspecified atom stereocenters. The standard InChI is InChI=1S/C13H19N3O2/c1-9-5-10(7-17)6-15-11(9)16-4-3-13(2,8-16)12(14)18/h5-6,17H,3-4,7-8H2,1-2H3,(H2,14,18). The van der Waals surface area contributed by atoms with E-state index in [1.54, 1.807) is 6.20 Å². The highest BCUT2D eigenvalue weighted by Gasteiger charge is 2.39. The molecule has 0 aliphatic carbocycles. The van der Waals surface area contributed by atoms with E-state index in [-0.39, 0.29) is 12.5 Å². The molecule has 5 nitrogen and oxygen atoms in total. The Kier molecular flexibility index (Phi) is 3.26. The molecule has 3 N–H and O–H groups in total. The van der Waals surface area contributed by atoms with Crippen molar-refractivity contribution in [2.24, 2.45) is 11.1 Å². The van der Waals surface area contributed by atoms with Crippen LogP contribution in [0.2, 0.25) is 0 Å². The van der Waals surface area contributed by atoms with Gasteiger partial charge in [0.1, 0.15) is 5.82 Å². The predicted octanol–water partition coefficient (Wildman–Crippen LogP) is 0.584. The molecule has 1 atom stereocenters. The summed E-state index contributed by atoms with van der Waals surface area (Å²) in [6, 6.07) is 1.92. The van der Waals surface area contributed by atoms with Gasteiger partial charge in [-0.2, -0.15) is 0 Å². The van der Waals surface area contributed by atoms with Crippen molar-refractivity contribution in [3.05, 3.63) is 23.4 Å². The molecule has 18 heavy (non-hydrogen) atoms. The van der Waals surface area contributed by atoms with Crippen molar-refractivity contribution in [2.45, 2.75) is 26.9 Å². The van der Waals surface area contributed by atoms with Gasteiger partial charge in [0.2, 0.25) is 5.91 Å². The Bertz CT molecular complexity index is 475. The number of aliphatic hydroxyl groups is 1. The quantitative estimate of drug-likeness (QED) is 0.821. The minimum Gasteiger partial charge on any atom is -0.392 e. The molecule has 1 aliphatic heterocycles. The number of aryl methyl sites for hydroxylation is 1. The first-order chi connectivity index (χ1) is 8.46. The molecule has 1 aliphatic rings. The molecule has 2 rings (SSSR count). The zero-order valence-electron chi connectivity index (χ0n) is 10.8. The van der Waals surface area contributed by atoms with E-state index in [9.17, 15) is 4.79 Å². The van der Waals surface area contributed by atoms with E-state index < -0.39 is 5.41 Å². The lowest BCUT2D eigenvalue weighted by molar-refractivity contribution is -0.125. The molecule has 2 heterocycles. The first-order valence-corrected chi connectivity index (χ1v) is 6.07. The van der Waals surface area contributed by atoms with Crippen LogP contribution >= 0.6 is 0 Å². The Balaban J connectivity index is 2.22. The minimum absolute atomic E-state index is 0.00682. The molecule has 0 bridgehead atoms. The van der Waals surface area contributed by atoms with Gasteiger partial charge in [0, 0.05) is 19.3 Å². The number of aromatic nitrogens is 1. The Morgan fingerprint density at radius 2 is 2.39 bits per heavy atom. The average molecular weight is 249 g/mol. The topological polar surface area (TPSA) is 79.5 Å². The molecule has 98 valence electrons. The molecule has 1 amide bonds. The molecule has 0 aromatic carbocycles. The number of carbonyl (C=O) groups is 1. The summed E-state index contributed by atoms with van der Waals surface area (Å²) in [7, 11) is 0. The molecule has 1 saturated heterocycles. The van der Waals surface area contributed by atoms with Gasteiger partial charge >= 0.3 is 0 Å². The van der Waals surface area contributed by atoms with Gasteiger partial charge in [-0.1, -0.05) is 0 Å². The smallest absolute Gasteiger partial charge is 0.225 e. The zero-order valence-corrected chi connectivity index (χ0v) is 10.8. The maximum atomic E-state index is 11.4. The molecular formula is C13H19N3O2. The second kappa shape index (κ2) is 4.57. The lowest BCUT2D eigenvalue weighted by atomic mass is 9.89. The number of anilines is 1. The van der Waals surface area contributed by atoms with Gasteiger partial charge in [-0.3, -0.25) is 4.79 Å². The zero-order chi connectivity index (χ0) is 13.3. The molecule has 0 spiro atoms. The van der Waals surface area contributed by atoms with E-state index in [0.29, 0.717) is 6.54 Å². The van der Waals surface area contributed by atoms with Crippen LogP contribution in [0.4, 0.5) is 5.82 Å². The number of carbonyl (C=O) groups excluding carboxylic acids is 1. The summed E-state index contributed by atoms with van der Waals surface area (Å²) in [6.45, 7) is 5.24. The minimum atomic E-state index is -0.468. The van der Waals surface area contributed by atoms with Crippen LogP contribution in [0.15, 0.2) is 12.3 Å². The summed E-state index contributed by atoms with van der Waals surface area (Å²) in [5.74, 6) is 0.617. The number of aliphatic hydroxyl groups excluding tert-OH is 1. The molecule has 1 aromatic rings. The third-order valence-corrected chi connectivity index (χ3v) is 3.66. The maximum Gasteiger partial charge on any atom is 0.225 e. The van der Waals surface area contributed by atoms with Crippen LogP contribution in [0.3, 0.4) is 0 Å². The monoisotopic (exact) mass is 249 g/mol. The summed E-state index contributed by atoms with van der Waals surface area (Å²) >= 11 is 0. The summed E-state index contributed by atoms with van der Waals surface area (Å²) in [5, 5.41) is 9.06. The van der Waals surface area contributed by atoms with Crippen molar-refractivity contribution in [2.75, 3.05) is 18.0 Å². The van der Waals surface area contributed by atoms with Crippen molar-refractivity contribution in [3.8, 4) is 0 Å². The fraction of sp³-hybridized carbons (Fsp3) is 0.538. The lowest BCUT2D eigenvalue weighted by Crippen LogP contribution is -2.37. The van der Waals surface area contributed by atoms with E-state index in [0.717, 1.165) is 29.9 Å². The van der Waals surface area contributed by atoms with E-state index in [4.69, 9.17) is 10.8 Å². The van der Waals surface area contributed by atoms with Gasteiger partial charge in [-0.25, -0.2) is 4.98 Å². The Morgan fingerprint density at radius 3 is 2.89 bits per heavy atom. The van der Waals surface area contributed by atoms with Crippen molar-refractivity contribution in [1.29, 1.82) is 0 Å². The van der Waals surface area contributed by atoms with Crippen LogP contribution in [0, 0.1) is 12.3 Å². The molecule has 0 saturated carbocycles. The van der Waals surface area contributed by atoms with Crippen LogP contribution in [0.5, 0.6) is 0 Å². The van der Waals surface area contributed by atoms with Crippen LogP contribution in [0.1, 0.15) is 24.5 Å². The van der Waals surface area contributed by atoms with Gasteiger partial charge in [0.15, 0.2) is 0 Å². The lowest BCUT2D eigenvalue weighted by Gasteiger charge is -2.23. The number of primary amides is 1. The normalized spacial score (nSPS) is 23.4. The van der Waals surface area contributed by atoms with Crippen molar-refractivity contribution >= 4 is 11.7 Å². The van der Waals surface area contributed by atoms with E-state index >= 15 is 0 Å². The Morgan fingerprint density at radius 1 is 1.67 bits per heavy atom. The molecule has 1 aromatic heterocycles. The number of rotatable bonds is 3. The SMILES string of the molecule is Cc1cc(CO)cnc1N1CCC(C)(C(N)=O)C1. The summed E-state index contributed by atoms with van der Waals surface area (Å²) in [5.41, 5.74) is 6.78. The first kappa shape index (κ1) is 12.8. The first-order valence-electron chi connectivity index (χ1n) is 6.07. The van der Waals surface area contributed by atoms with Crippen LogP contribution < -0.4 is 10.6 Å². The number of hydrogen-bond acceptors (Lipinski definition) is 4. The fourth-order valence-corrected chi connectivity index (χ4v) is 2.39. The van der Waals surface area contributed by atoms with Crippen LogP contribution in [0.25, 0.3) is 0 Å². The van der Waals surface area contributed by atoms with Crippen molar-refractivity contribution < 1.29 is 9.90 Å². The molecule has 1 fully saturated rings. The van der Waals surface area contributed by atoms with Crippen molar-refractivity contribution in [1.82, 2.24) is 4.98 Å². The number of amides is 1. The molecular weight excluding hydrogens is 230 g/mol. The fourth-order valence-electron chi connectivity index (χ4n) is 2.39. The Hall–Kier alpha value is -1.62. The average Bonchev–Trinajstić information content (AvgIpc) is 2.73. The number of pyridine rings is 1. The van der Waals surface area contributed by atoms with Gasteiger partial charge in [0.05, 0.1) is 12.0 Å². The number of nitrogens with two attached hydrogens (primary N) is 1. The Labute approximate surface area is 107 Å². The second-order valence-corrected chi connectivity index (χ2v) is 5.24. The third kappa shape index (κ3) is 2.18. The van der Waals surface area contributed by atoms with E-state index in [1.807, 2.05) is 19.9 Å². The van der Waals surface area contributed by atoms with Gasteiger partial charge in [-0.15, -0.1) is 0 Å². The highest BCUT2D eigenvalue weighted by atomic mass is 16.3. The summed E-state index contributed by atoms with van der Waals surface area (Å²) in [4.78, 5) is 17.9. The largest absolute Gasteiger partial charge is 0.392 e. The van der Waals surface area contributed by atoms with Gasteiger partial charge < -0.3 is 15.7 Å². The summed E-state index contributed by atoms with van der Waals surface area (Å²) in [6.07, 6.45) is 2.42. The second-order valence-electron chi connectivity index (χ2n) is 5.24. The highest BCUT2D eigenvalue weighted by molar-refractivity contribution is 5.82. The van der Waals surface area contributed by atoms with Gasteiger partial charge in [-0.05, 0) is 37.5 Å². The number of nitrogens with zero attached hydrogens (tertiary/aromatic N) is 2. The van der Waals surface area contributed by atoms with Crippen LogP contribution in [-0.2, 0) is 11.4 Å². The maximum absolute atomic E-state index is 11.4. The molecule has 5 heteroatoms. The van der Waals surface area contributed by atoms with Gasteiger partial charge in [0.25, 0.3) is 0 Å². The summed E-state index contributed by atoms with van der Waals surface area (Å²) < 4.78 is 0. The predicted molar refractivity (Wildman–Crippen MR) is 69.0 cm³/mol. The highest BCUT2D eigenvalue weighted by Crippen LogP contribution is 2.33.